The number of aryl methyl sites for hydroxylation is 2. The van der Waals surface area contributed by atoms with E-state index in [4.69, 9.17) is 4.42 Å². The van der Waals surface area contributed by atoms with Crippen LogP contribution in [0.3, 0.4) is 0 Å². The fourth-order valence-corrected chi connectivity index (χ4v) is 4.79. The zero-order chi connectivity index (χ0) is 23.7. The molecule has 2 saturated heterocycles. The van der Waals surface area contributed by atoms with Crippen molar-refractivity contribution < 1.29 is 14.0 Å². The van der Waals surface area contributed by atoms with Gasteiger partial charge in [-0.2, -0.15) is 5.10 Å². The van der Waals surface area contributed by atoms with Crippen molar-refractivity contribution in [3.63, 3.8) is 0 Å². The molecule has 0 aliphatic carbocycles. The summed E-state index contributed by atoms with van der Waals surface area (Å²) in [5, 5.41) is 13.3. The van der Waals surface area contributed by atoms with Crippen LogP contribution in [0.15, 0.2) is 41.0 Å². The van der Waals surface area contributed by atoms with Crippen molar-refractivity contribution in [2.75, 3.05) is 44.2 Å². The lowest BCUT2D eigenvalue weighted by atomic mass is 9.96. The van der Waals surface area contributed by atoms with Crippen molar-refractivity contribution in [3.05, 3.63) is 53.7 Å². The van der Waals surface area contributed by atoms with Crippen molar-refractivity contribution in [3.8, 4) is 5.82 Å². The zero-order valence-electron chi connectivity index (χ0n) is 19.6. The number of amides is 2. The first-order valence-electron chi connectivity index (χ1n) is 11.7. The minimum Gasteiger partial charge on any atom is -0.459 e. The largest absolute Gasteiger partial charge is 0.459 e. The Kier molecular flexibility index (Phi) is 6.04. The second-order valence-electron chi connectivity index (χ2n) is 8.97. The highest BCUT2D eigenvalue weighted by Crippen LogP contribution is 2.24. The van der Waals surface area contributed by atoms with Crippen LogP contribution in [0.4, 0.5) is 5.82 Å². The van der Waals surface area contributed by atoms with Crippen molar-refractivity contribution >= 4 is 17.6 Å². The van der Waals surface area contributed by atoms with Gasteiger partial charge in [0, 0.05) is 45.0 Å². The molecule has 2 aliphatic heterocycles. The van der Waals surface area contributed by atoms with Gasteiger partial charge in [-0.3, -0.25) is 9.59 Å². The summed E-state index contributed by atoms with van der Waals surface area (Å²) in [6, 6.07) is 9.25. The van der Waals surface area contributed by atoms with Crippen LogP contribution >= 0.6 is 0 Å². The first-order chi connectivity index (χ1) is 16.5. The molecule has 2 fully saturated rings. The second kappa shape index (κ2) is 9.28. The monoisotopic (exact) mass is 463 g/mol. The number of piperazine rings is 1. The Morgan fingerprint density at radius 1 is 0.971 bits per heavy atom. The molecule has 0 saturated carbocycles. The van der Waals surface area contributed by atoms with Crippen molar-refractivity contribution in [1.29, 1.82) is 0 Å². The molecule has 10 heteroatoms. The Balaban J connectivity index is 1.19. The third kappa shape index (κ3) is 4.40. The molecular weight excluding hydrogens is 434 g/mol. The number of piperidine rings is 1. The molecule has 0 spiro atoms. The van der Waals surface area contributed by atoms with E-state index in [0.717, 1.165) is 36.6 Å². The molecule has 10 nitrogen and oxygen atoms in total. The predicted octanol–water partition coefficient (Wildman–Crippen LogP) is 2.07. The first kappa shape index (κ1) is 22.1. The van der Waals surface area contributed by atoms with Gasteiger partial charge < -0.3 is 19.1 Å². The predicted molar refractivity (Wildman–Crippen MR) is 125 cm³/mol. The topological polar surface area (TPSA) is 101 Å². The van der Waals surface area contributed by atoms with Crippen LogP contribution in [0.25, 0.3) is 5.82 Å². The number of aromatic nitrogens is 4. The molecule has 5 rings (SSSR count). The summed E-state index contributed by atoms with van der Waals surface area (Å²) in [5.41, 5.74) is 1.95. The molecule has 0 aromatic carbocycles. The maximum absolute atomic E-state index is 13.2. The highest BCUT2D eigenvalue weighted by atomic mass is 16.3. The Bertz CT molecular complexity index is 1150. The molecule has 0 N–H and O–H groups in total. The average molecular weight is 464 g/mol. The summed E-state index contributed by atoms with van der Waals surface area (Å²) in [5.74, 6) is 1.74. The third-order valence-corrected chi connectivity index (χ3v) is 6.57. The Labute approximate surface area is 198 Å². The van der Waals surface area contributed by atoms with Gasteiger partial charge in [-0.15, -0.1) is 10.2 Å². The number of hydrogen-bond acceptors (Lipinski definition) is 7. The fraction of sp³-hybridized carbons (Fsp3) is 0.458. The quantitative estimate of drug-likeness (QED) is 0.584. The lowest BCUT2D eigenvalue weighted by Crippen LogP contribution is -2.53. The first-order valence-corrected chi connectivity index (χ1v) is 11.7. The van der Waals surface area contributed by atoms with Crippen LogP contribution in [0.2, 0.25) is 0 Å². The highest BCUT2D eigenvalue weighted by molar-refractivity contribution is 5.91. The van der Waals surface area contributed by atoms with Gasteiger partial charge in [0.05, 0.1) is 17.9 Å². The smallest absolute Gasteiger partial charge is 0.289 e. The van der Waals surface area contributed by atoms with Crippen LogP contribution in [0, 0.1) is 19.8 Å². The molecule has 2 aliphatic rings. The standard InChI is InChI=1S/C24H29N7O3/c1-17-15-18(2)31(27-17)22-8-7-21(25-26-22)30-9-3-5-19(16-30)23(32)28-10-12-29(13-11-28)24(33)20-6-4-14-34-20/h4,6-8,14-15,19H,3,5,9-13,16H2,1-2H3. The van der Waals surface area contributed by atoms with E-state index in [-0.39, 0.29) is 17.7 Å². The molecule has 178 valence electrons. The summed E-state index contributed by atoms with van der Waals surface area (Å²) in [6.07, 6.45) is 3.28. The molecule has 5 heterocycles. The molecule has 1 atom stereocenters. The molecule has 0 radical (unpaired) electrons. The van der Waals surface area contributed by atoms with Crippen LogP contribution in [-0.2, 0) is 4.79 Å². The van der Waals surface area contributed by atoms with Crippen LogP contribution in [0.5, 0.6) is 0 Å². The Morgan fingerprint density at radius 3 is 2.35 bits per heavy atom. The van der Waals surface area contributed by atoms with Gasteiger partial charge in [-0.25, -0.2) is 4.68 Å². The minimum absolute atomic E-state index is 0.0847. The second-order valence-corrected chi connectivity index (χ2v) is 8.97. The van der Waals surface area contributed by atoms with Gasteiger partial charge in [0.25, 0.3) is 5.91 Å². The van der Waals surface area contributed by atoms with Crippen LogP contribution in [-0.4, -0.2) is 80.9 Å². The molecule has 2 amide bonds. The lowest BCUT2D eigenvalue weighted by Gasteiger charge is -2.39. The maximum atomic E-state index is 13.2. The van der Waals surface area contributed by atoms with Crippen molar-refractivity contribution in [2.45, 2.75) is 26.7 Å². The molecule has 1 unspecified atom stereocenters. The minimum atomic E-state index is -0.122. The highest BCUT2D eigenvalue weighted by Gasteiger charge is 2.33. The van der Waals surface area contributed by atoms with Gasteiger partial charge >= 0.3 is 0 Å². The van der Waals surface area contributed by atoms with Crippen molar-refractivity contribution in [2.24, 2.45) is 5.92 Å². The van der Waals surface area contributed by atoms with E-state index in [1.807, 2.05) is 36.9 Å². The number of anilines is 1. The summed E-state index contributed by atoms with van der Waals surface area (Å²) < 4.78 is 7.00. The summed E-state index contributed by atoms with van der Waals surface area (Å²) in [7, 11) is 0. The number of hydrogen-bond donors (Lipinski definition) is 0. The average Bonchev–Trinajstić information content (AvgIpc) is 3.53. The molecular formula is C24H29N7O3. The zero-order valence-corrected chi connectivity index (χ0v) is 19.6. The van der Waals surface area contributed by atoms with E-state index in [2.05, 4.69) is 20.2 Å². The molecule has 34 heavy (non-hydrogen) atoms. The Morgan fingerprint density at radius 2 is 1.71 bits per heavy atom. The number of rotatable bonds is 4. The Hall–Kier alpha value is -3.69. The number of carbonyl (C=O) groups is 2. The summed E-state index contributed by atoms with van der Waals surface area (Å²) in [4.78, 5) is 31.5. The number of carbonyl (C=O) groups excluding carboxylic acids is 2. The van der Waals surface area contributed by atoms with E-state index in [9.17, 15) is 9.59 Å². The third-order valence-electron chi connectivity index (χ3n) is 6.57. The van der Waals surface area contributed by atoms with Crippen LogP contribution in [0.1, 0.15) is 34.8 Å². The van der Waals surface area contributed by atoms with E-state index < -0.39 is 0 Å². The molecule has 0 bridgehead atoms. The van der Waals surface area contributed by atoms with Gasteiger partial charge in [0.1, 0.15) is 0 Å². The van der Waals surface area contributed by atoms with E-state index in [0.29, 0.717) is 44.3 Å². The summed E-state index contributed by atoms with van der Waals surface area (Å²) >= 11 is 0. The SMILES string of the molecule is Cc1cc(C)n(-c2ccc(N3CCCC(C(=O)N4CCN(C(=O)c5ccco5)CC4)C3)nn2)n1. The normalized spacial score (nSPS) is 18.9. The van der Waals surface area contributed by atoms with Gasteiger partial charge in [-0.1, -0.05) is 0 Å². The van der Waals surface area contributed by atoms with Gasteiger partial charge in [-0.05, 0) is 57.0 Å². The summed E-state index contributed by atoms with van der Waals surface area (Å²) in [6.45, 7) is 7.53. The number of furan rings is 1. The number of nitrogens with zero attached hydrogens (tertiary/aromatic N) is 7. The van der Waals surface area contributed by atoms with E-state index >= 15 is 0 Å². The van der Waals surface area contributed by atoms with Crippen LogP contribution < -0.4 is 4.90 Å². The lowest BCUT2D eigenvalue weighted by molar-refractivity contribution is -0.137. The van der Waals surface area contributed by atoms with E-state index in [1.165, 1.54) is 6.26 Å². The van der Waals surface area contributed by atoms with E-state index in [1.54, 1.807) is 21.7 Å². The van der Waals surface area contributed by atoms with Gasteiger partial charge in [0.15, 0.2) is 17.4 Å². The fourth-order valence-electron chi connectivity index (χ4n) is 4.79. The molecule has 3 aromatic heterocycles. The molecule has 3 aromatic rings. The van der Waals surface area contributed by atoms with Crippen molar-refractivity contribution in [1.82, 2.24) is 29.8 Å². The maximum Gasteiger partial charge on any atom is 0.289 e. The van der Waals surface area contributed by atoms with Gasteiger partial charge in [0.2, 0.25) is 5.91 Å².